The van der Waals surface area contributed by atoms with Crippen LogP contribution >= 0.6 is 0 Å². The van der Waals surface area contributed by atoms with E-state index in [1.54, 1.807) is 0 Å². The molecule has 0 saturated carbocycles. The van der Waals surface area contributed by atoms with Crippen molar-refractivity contribution in [2.24, 2.45) is 5.73 Å². The molecule has 0 spiro atoms. The molecule has 1 aliphatic heterocycles. The Labute approximate surface area is 95.5 Å². The summed E-state index contributed by atoms with van der Waals surface area (Å²) in [6, 6.07) is -0.614. The van der Waals surface area contributed by atoms with Crippen LogP contribution < -0.4 is 16.4 Å². The Morgan fingerprint density at radius 2 is 1.56 bits per heavy atom. The van der Waals surface area contributed by atoms with Gasteiger partial charge in [0.25, 0.3) is 0 Å². The third-order valence-corrected chi connectivity index (χ3v) is 2.59. The topological polar surface area (TPSA) is 87.5 Å². The van der Waals surface area contributed by atoms with Crippen LogP contribution in [0.2, 0.25) is 0 Å². The highest BCUT2D eigenvalue weighted by Crippen LogP contribution is 2.09. The van der Waals surface area contributed by atoms with E-state index in [1.807, 2.05) is 4.90 Å². The number of primary amides is 1. The van der Waals surface area contributed by atoms with Gasteiger partial charge in [0.1, 0.15) is 0 Å². The lowest BCUT2D eigenvalue weighted by Crippen LogP contribution is -2.44. The Hall–Kier alpha value is -1.46. The van der Waals surface area contributed by atoms with Crippen molar-refractivity contribution in [2.75, 3.05) is 26.2 Å². The largest absolute Gasteiger partial charge is 0.352 e. The van der Waals surface area contributed by atoms with Crippen LogP contribution in [-0.4, -0.2) is 43.1 Å². The van der Waals surface area contributed by atoms with Gasteiger partial charge < -0.3 is 21.3 Å². The van der Waals surface area contributed by atoms with Crippen LogP contribution in [0.4, 0.5) is 9.59 Å². The van der Waals surface area contributed by atoms with Gasteiger partial charge in [-0.2, -0.15) is 0 Å². The molecule has 0 aromatic heterocycles. The van der Waals surface area contributed by atoms with Gasteiger partial charge in [-0.25, -0.2) is 9.59 Å². The predicted octanol–water partition coefficient (Wildman–Crippen LogP) is 0.240. The molecule has 1 rings (SSSR count). The van der Waals surface area contributed by atoms with E-state index in [0.717, 1.165) is 25.9 Å². The monoisotopic (exact) mass is 228 g/mol. The number of carbonyl (C=O) groups excluding carboxylic acids is 2. The molecule has 6 heteroatoms. The van der Waals surface area contributed by atoms with Gasteiger partial charge in [-0.15, -0.1) is 0 Å². The first-order valence-electron chi connectivity index (χ1n) is 5.76. The van der Waals surface area contributed by atoms with Gasteiger partial charge in [0, 0.05) is 26.2 Å². The maximum Gasteiger partial charge on any atom is 0.317 e. The predicted molar refractivity (Wildman–Crippen MR) is 61.0 cm³/mol. The quantitative estimate of drug-likeness (QED) is 0.604. The van der Waals surface area contributed by atoms with Crippen molar-refractivity contribution in [3.8, 4) is 0 Å². The summed E-state index contributed by atoms with van der Waals surface area (Å²) in [5, 5.41) is 5.17. The maximum atomic E-state index is 11.7. The first kappa shape index (κ1) is 12.6. The number of urea groups is 2. The van der Waals surface area contributed by atoms with Crippen LogP contribution in [-0.2, 0) is 0 Å². The minimum atomic E-state index is -0.566. The summed E-state index contributed by atoms with van der Waals surface area (Å²) < 4.78 is 0. The zero-order chi connectivity index (χ0) is 11.8. The minimum absolute atomic E-state index is 0.0480. The molecule has 1 fully saturated rings. The molecule has 0 unspecified atom stereocenters. The van der Waals surface area contributed by atoms with Crippen molar-refractivity contribution >= 4 is 12.1 Å². The van der Waals surface area contributed by atoms with Gasteiger partial charge in [-0.1, -0.05) is 12.8 Å². The zero-order valence-electron chi connectivity index (χ0n) is 9.50. The van der Waals surface area contributed by atoms with Crippen LogP contribution in [0.5, 0.6) is 0 Å². The number of hydrogen-bond donors (Lipinski definition) is 3. The van der Waals surface area contributed by atoms with Crippen LogP contribution in [0.1, 0.15) is 25.7 Å². The normalized spacial score (nSPS) is 16.4. The van der Waals surface area contributed by atoms with Crippen molar-refractivity contribution in [3.05, 3.63) is 0 Å². The van der Waals surface area contributed by atoms with Crippen LogP contribution in [0.25, 0.3) is 0 Å². The molecule has 0 bridgehead atoms. The van der Waals surface area contributed by atoms with E-state index in [2.05, 4.69) is 10.6 Å². The number of hydrogen-bond acceptors (Lipinski definition) is 2. The number of nitrogens with one attached hydrogen (secondary N) is 2. The van der Waals surface area contributed by atoms with Gasteiger partial charge in [0.05, 0.1) is 0 Å². The van der Waals surface area contributed by atoms with Gasteiger partial charge in [0.2, 0.25) is 0 Å². The molecule has 92 valence electrons. The molecule has 0 radical (unpaired) electrons. The summed E-state index contributed by atoms with van der Waals surface area (Å²) in [5.74, 6) is 0. The average Bonchev–Trinajstić information content (AvgIpc) is 2.52. The third-order valence-electron chi connectivity index (χ3n) is 2.59. The summed E-state index contributed by atoms with van der Waals surface area (Å²) in [6.45, 7) is 2.44. The van der Waals surface area contributed by atoms with E-state index in [9.17, 15) is 9.59 Å². The second-order valence-electron chi connectivity index (χ2n) is 3.92. The molecule has 1 heterocycles. The van der Waals surface area contributed by atoms with E-state index >= 15 is 0 Å². The van der Waals surface area contributed by atoms with Crippen LogP contribution in [0.15, 0.2) is 0 Å². The van der Waals surface area contributed by atoms with E-state index in [-0.39, 0.29) is 6.03 Å². The number of likely N-dealkylation sites (tertiary alicyclic amines) is 1. The third kappa shape index (κ3) is 4.86. The molecule has 0 atom stereocenters. The average molecular weight is 228 g/mol. The Morgan fingerprint density at radius 3 is 2.12 bits per heavy atom. The van der Waals surface area contributed by atoms with E-state index in [1.165, 1.54) is 12.8 Å². The fraction of sp³-hybridized carbons (Fsp3) is 0.800. The molecule has 0 aromatic carbocycles. The molecular weight excluding hydrogens is 208 g/mol. The standard InChI is InChI=1S/C10H20N4O2/c11-9(15)12-5-6-13-10(16)14-7-3-1-2-4-8-14/h1-8H2,(H,13,16)(H3,11,12,15). The number of amides is 4. The number of rotatable bonds is 3. The minimum Gasteiger partial charge on any atom is -0.352 e. The Kier molecular flexibility index (Phi) is 5.45. The lowest BCUT2D eigenvalue weighted by Gasteiger charge is -2.20. The number of carbonyl (C=O) groups is 2. The molecule has 1 aliphatic rings. The molecule has 4 amide bonds. The van der Waals surface area contributed by atoms with Crippen molar-refractivity contribution in [2.45, 2.75) is 25.7 Å². The maximum absolute atomic E-state index is 11.7. The summed E-state index contributed by atoms with van der Waals surface area (Å²) in [4.78, 5) is 23.9. The van der Waals surface area contributed by atoms with Crippen molar-refractivity contribution < 1.29 is 9.59 Å². The highest BCUT2D eigenvalue weighted by atomic mass is 16.2. The molecule has 16 heavy (non-hydrogen) atoms. The molecule has 6 nitrogen and oxygen atoms in total. The van der Waals surface area contributed by atoms with Crippen LogP contribution in [0.3, 0.4) is 0 Å². The first-order valence-corrected chi connectivity index (χ1v) is 5.76. The summed E-state index contributed by atoms with van der Waals surface area (Å²) in [5.41, 5.74) is 4.90. The van der Waals surface area contributed by atoms with Crippen molar-refractivity contribution in [3.63, 3.8) is 0 Å². The van der Waals surface area contributed by atoms with E-state index in [4.69, 9.17) is 5.73 Å². The highest BCUT2D eigenvalue weighted by molar-refractivity contribution is 5.74. The summed E-state index contributed by atoms with van der Waals surface area (Å²) in [6.07, 6.45) is 4.56. The number of nitrogens with two attached hydrogens (primary N) is 1. The lowest BCUT2D eigenvalue weighted by molar-refractivity contribution is 0.199. The van der Waals surface area contributed by atoms with Gasteiger partial charge in [0.15, 0.2) is 0 Å². The first-order chi connectivity index (χ1) is 7.70. The second kappa shape index (κ2) is 6.92. The van der Waals surface area contributed by atoms with E-state index in [0.29, 0.717) is 13.1 Å². The van der Waals surface area contributed by atoms with Crippen molar-refractivity contribution in [1.29, 1.82) is 0 Å². The Bertz CT molecular complexity index is 237. The SMILES string of the molecule is NC(=O)NCCNC(=O)N1CCCCCC1. The van der Waals surface area contributed by atoms with Gasteiger partial charge >= 0.3 is 12.1 Å². The molecule has 4 N–H and O–H groups in total. The fourth-order valence-corrected chi connectivity index (χ4v) is 1.74. The van der Waals surface area contributed by atoms with Gasteiger partial charge in [-0.05, 0) is 12.8 Å². The second-order valence-corrected chi connectivity index (χ2v) is 3.92. The highest BCUT2D eigenvalue weighted by Gasteiger charge is 2.14. The Morgan fingerprint density at radius 1 is 1.00 bits per heavy atom. The van der Waals surface area contributed by atoms with Crippen molar-refractivity contribution in [1.82, 2.24) is 15.5 Å². The fourth-order valence-electron chi connectivity index (χ4n) is 1.74. The summed E-state index contributed by atoms with van der Waals surface area (Å²) >= 11 is 0. The van der Waals surface area contributed by atoms with E-state index < -0.39 is 6.03 Å². The molecule has 0 aromatic rings. The smallest absolute Gasteiger partial charge is 0.317 e. The summed E-state index contributed by atoms with van der Waals surface area (Å²) in [7, 11) is 0. The molecule has 0 aliphatic carbocycles. The lowest BCUT2D eigenvalue weighted by atomic mass is 10.2. The Balaban J connectivity index is 2.15. The molecular formula is C10H20N4O2. The van der Waals surface area contributed by atoms with Gasteiger partial charge in [-0.3, -0.25) is 0 Å². The van der Waals surface area contributed by atoms with Crippen LogP contribution in [0, 0.1) is 0 Å². The molecule has 1 saturated heterocycles. The number of nitrogens with zero attached hydrogens (tertiary/aromatic N) is 1. The zero-order valence-corrected chi connectivity index (χ0v) is 9.50.